The summed E-state index contributed by atoms with van der Waals surface area (Å²) in [5, 5.41) is 4.15. The summed E-state index contributed by atoms with van der Waals surface area (Å²) in [6.45, 7) is 0. The molecule has 0 aliphatic heterocycles. The maximum atomic E-state index is 12.2. The first kappa shape index (κ1) is 14.9. The molecule has 0 aromatic heterocycles. The topological polar surface area (TPSA) is 29.1 Å². The summed E-state index contributed by atoms with van der Waals surface area (Å²) in [7, 11) is 0. The number of carbonyl (C=O) groups is 1. The summed E-state index contributed by atoms with van der Waals surface area (Å²) in [6.07, 6.45) is 0.832. The SMILES string of the molecule is O=C(Nc1ccc(Br)cc1)C1CC1c1cc(Cl)cc(Cl)c1. The van der Waals surface area contributed by atoms with Crippen molar-refractivity contribution in [1.29, 1.82) is 0 Å². The van der Waals surface area contributed by atoms with E-state index >= 15 is 0 Å². The van der Waals surface area contributed by atoms with Gasteiger partial charge < -0.3 is 5.32 Å². The third-order valence-electron chi connectivity index (χ3n) is 3.55. The molecule has 0 spiro atoms. The number of rotatable bonds is 3. The van der Waals surface area contributed by atoms with E-state index in [1.807, 2.05) is 36.4 Å². The maximum absolute atomic E-state index is 12.2. The summed E-state index contributed by atoms with van der Waals surface area (Å²) in [5.74, 6) is 0.234. The van der Waals surface area contributed by atoms with Crippen LogP contribution in [0, 0.1) is 5.92 Å². The molecule has 0 bridgehead atoms. The van der Waals surface area contributed by atoms with Gasteiger partial charge in [0.2, 0.25) is 5.91 Å². The van der Waals surface area contributed by atoms with E-state index in [4.69, 9.17) is 23.2 Å². The molecule has 1 fully saturated rings. The van der Waals surface area contributed by atoms with Crippen LogP contribution in [0.5, 0.6) is 0 Å². The van der Waals surface area contributed by atoms with Crippen molar-refractivity contribution in [2.75, 3.05) is 5.32 Å². The molecule has 1 aliphatic carbocycles. The minimum absolute atomic E-state index is 0.0109. The second kappa shape index (κ2) is 5.99. The maximum Gasteiger partial charge on any atom is 0.228 e. The molecule has 1 saturated carbocycles. The van der Waals surface area contributed by atoms with Crippen molar-refractivity contribution in [3.8, 4) is 0 Å². The molecule has 1 amide bonds. The second-order valence-electron chi connectivity index (χ2n) is 5.15. The average molecular weight is 385 g/mol. The second-order valence-corrected chi connectivity index (χ2v) is 6.94. The van der Waals surface area contributed by atoms with Crippen LogP contribution in [0.25, 0.3) is 0 Å². The molecule has 21 heavy (non-hydrogen) atoms. The van der Waals surface area contributed by atoms with Gasteiger partial charge in [0.15, 0.2) is 0 Å². The van der Waals surface area contributed by atoms with Crippen LogP contribution in [0.2, 0.25) is 10.0 Å². The summed E-state index contributed by atoms with van der Waals surface area (Å²) in [6, 6.07) is 13.0. The molecule has 108 valence electrons. The molecule has 2 atom stereocenters. The molecule has 1 aliphatic rings. The molecule has 1 N–H and O–H groups in total. The highest BCUT2D eigenvalue weighted by Crippen LogP contribution is 2.49. The number of hydrogen-bond donors (Lipinski definition) is 1. The van der Waals surface area contributed by atoms with Crippen molar-refractivity contribution in [1.82, 2.24) is 0 Å². The minimum Gasteiger partial charge on any atom is -0.326 e. The van der Waals surface area contributed by atoms with Crippen LogP contribution in [0.1, 0.15) is 17.9 Å². The number of amides is 1. The van der Waals surface area contributed by atoms with Crippen LogP contribution in [-0.4, -0.2) is 5.91 Å². The largest absolute Gasteiger partial charge is 0.326 e. The molecular formula is C16H12BrCl2NO. The van der Waals surface area contributed by atoms with Gasteiger partial charge in [0.05, 0.1) is 0 Å². The van der Waals surface area contributed by atoms with Crippen LogP contribution in [0.4, 0.5) is 5.69 Å². The van der Waals surface area contributed by atoms with Gasteiger partial charge in [0.1, 0.15) is 0 Å². The van der Waals surface area contributed by atoms with Crippen LogP contribution >= 0.6 is 39.1 Å². The predicted octanol–water partition coefficient (Wildman–Crippen LogP) is 5.50. The van der Waals surface area contributed by atoms with Gasteiger partial charge in [0, 0.05) is 26.1 Å². The highest BCUT2D eigenvalue weighted by Gasteiger charge is 2.44. The Morgan fingerprint density at radius 1 is 1.10 bits per heavy atom. The van der Waals surface area contributed by atoms with Gasteiger partial charge in [-0.15, -0.1) is 0 Å². The van der Waals surface area contributed by atoms with Gasteiger partial charge in [-0.25, -0.2) is 0 Å². The van der Waals surface area contributed by atoms with E-state index in [2.05, 4.69) is 21.2 Å². The molecule has 0 saturated heterocycles. The Labute approximate surface area is 141 Å². The van der Waals surface area contributed by atoms with Crippen molar-refractivity contribution in [2.45, 2.75) is 12.3 Å². The molecule has 5 heteroatoms. The quantitative estimate of drug-likeness (QED) is 0.743. The normalized spacial score (nSPS) is 20.1. The van der Waals surface area contributed by atoms with E-state index in [1.165, 1.54) is 0 Å². The van der Waals surface area contributed by atoms with Crippen LogP contribution in [-0.2, 0) is 4.79 Å². The fourth-order valence-electron chi connectivity index (χ4n) is 2.41. The molecule has 2 aromatic rings. The van der Waals surface area contributed by atoms with Crippen molar-refractivity contribution in [2.24, 2.45) is 5.92 Å². The molecule has 2 nitrogen and oxygen atoms in total. The first-order valence-corrected chi connectivity index (χ1v) is 8.10. The monoisotopic (exact) mass is 383 g/mol. The number of hydrogen-bond acceptors (Lipinski definition) is 1. The summed E-state index contributed by atoms with van der Waals surface area (Å²) < 4.78 is 0.985. The highest BCUT2D eigenvalue weighted by molar-refractivity contribution is 9.10. The van der Waals surface area contributed by atoms with Crippen molar-refractivity contribution in [3.05, 3.63) is 62.5 Å². The lowest BCUT2D eigenvalue weighted by molar-refractivity contribution is -0.117. The van der Waals surface area contributed by atoms with Crippen LogP contribution < -0.4 is 5.32 Å². The lowest BCUT2D eigenvalue weighted by atomic mass is 10.1. The number of benzene rings is 2. The molecule has 3 rings (SSSR count). The third-order valence-corrected chi connectivity index (χ3v) is 4.52. The van der Waals surface area contributed by atoms with E-state index in [1.54, 1.807) is 6.07 Å². The molecule has 2 unspecified atom stereocenters. The van der Waals surface area contributed by atoms with Gasteiger partial charge in [-0.05, 0) is 60.4 Å². The Kier molecular flexibility index (Phi) is 4.25. The summed E-state index contributed by atoms with van der Waals surface area (Å²) in [4.78, 5) is 12.2. The van der Waals surface area contributed by atoms with Gasteiger partial charge in [-0.2, -0.15) is 0 Å². The first-order valence-electron chi connectivity index (χ1n) is 6.55. The number of halogens is 3. The Balaban J connectivity index is 1.67. The van der Waals surface area contributed by atoms with E-state index in [0.717, 1.165) is 22.1 Å². The van der Waals surface area contributed by atoms with Gasteiger partial charge in [-0.3, -0.25) is 4.79 Å². The Morgan fingerprint density at radius 3 is 2.33 bits per heavy atom. The molecule has 2 aromatic carbocycles. The lowest BCUT2D eigenvalue weighted by Gasteiger charge is -2.06. The zero-order valence-electron chi connectivity index (χ0n) is 10.9. The number of carbonyl (C=O) groups excluding carboxylic acids is 1. The Hall–Kier alpha value is -1.03. The van der Waals surface area contributed by atoms with Gasteiger partial charge in [0.25, 0.3) is 0 Å². The zero-order chi connectivity index (χ0) is 15.0. The fraction of sp³-hybridized carbons (Fsp3) is 0.188. The molecule has 0 radical (unpaired) electrons. The summed E-state index contributed by atoms with van der Waals surface area (Å²) in [5.41, 5.74) is 1.83. The minimum atomic E-state index is -0.0109. The Morgan fingerprint density at radius 2 is 1.71 bits per heavy atom. The van der Waals surface area contributed by atoms with Gasteiger partial charge in [-0.1, -0.05) is 39.1 Å². The lowest BCUT2D eigenvalue weighted by Crippen LogP contribution is -2.14. The first-order chi connectivity index (χ1) is 10.0. The predicted molar refractivity (Wildman–Crippen MR) is 90.1 cm³/mol. The van der Waals surface area contributed by atoms with Crippen molar-refractivity contribution >= 4 is 50.7 Å². The summed E-state index contributed by atoms with van der Waals surface area (Å²) >= 11 is 15.4. The number of anilines is 1. The van der Waals surface area contributed by atoms with E-state index in [0.29, 0.717) is 10.0 Å². The van der Waals surface area contributed by atoms with Crippen LogP contribution in [0.15, 0.2) is 46.9 Å². The van der Waals surface area contributed by atoms with E-state index in [9.17, 15) is 4.79 Å². The van der Waals surface area contributed by atoms with E-state index in [-0.39, 0.29) is 17.7 Å². The Bertz CT molecular complexity index is 667. The average Bonchev–Trinajstić information content (AvgIpc) is 3.20. The standard InChI is InChI=1S/C16H12BrCl2NO/c17-10-1-3-13(4-2-10)20-16(21)15-8-14(15)9-5-11(18)7-12(19)6-9/h1-7,14-15H,8H2,(H,20,21). The molecule has 0 heterocycles. The van der Waals surface area contributed by atoms with Gasteiger partial charge >= 0.3 is 0 Å². The van der Waals surface area contributed by atoms with E-state index < -0.39 is 0 Å². The fourth-order valence-corrected chi connectivity index (χ4v) is 3.22. The highest BCUT2D eigenvalue weighted by atomic mass is 79.9. The third kappa shape index (κ3) is 3.60. The number of nitrogens with one attached hydrogen (secondary N) is 1. The van der Waals surface area contributed by atoms with Crippen molar-refractivity contribution < 1.29 is 4.79 Å². The molecular weight excluding hydrogens is 373 g/mol. The smallest absolute Gasteiger partial charge is 0.228 e. The van der Waals surface area contributed by atoms with Crippen molar-refractivity contribution in [3.63, 3.8) is 0 Å². The zero-order valence-corrected chi connectivity index (χ0v) is 14.0. The van der Waals surface area contributed by atoms with Crippen LogP contribution in [0.3, 0.4) is 0 Å².